The van der Waals surface area contributed by atoms with Gasteiger partial charge in [0.2, 0.25) is 0 Å². The minimum Gasteiger partial charge on any atom is -0.494 e. The molecule has 150 valence electrons. The second kappa shape index (κ2) is 9.22. The Kier molecular flexibility index (Phi) is 6.70. The van der Waals surface area contributed by atoms with E-state index in [1.54, 1.807) is 0 Å². The summed E-state index contributed by atoms with van der Waals surface area (Å²) in [6.45, 7) is 10.8. The molecule has 0 saturated carbocycles. The van der Waals surface area contributed by atoms with Gasteiger partial charge in [0, 0.05) is 30.7 Å². The van der Waals surface area contributed by atoms with Crippen molar-refractivity contribution in [3.8, 4) is 16.9 Å². The molecule has 3 rings (SSSR count). The highest BCUT2D eigenvalue weighted by molar-refractivity contribution is 5.94. The normalized spacial score (nSPS) is 15.2. The van der Waals surface area contributed by atoms with Crippen LogP contribution in [0.1, 0.15) is 31.1 Å². The van der Waals surface area contributed by atoms with Gasteiger partial charge in [0.15, 0.2) is 0 Å². The monoisotopic (exact) mass is 382 g/mol. The van der Waals surface area contributed by atoms with Crippen LogP contribution in [0.25, 0.3) is 11.1 Å². The highest BCUT2D eigenvalue weighted by atomic mass is 16.5. The number of hydrogen-bond donors (Lipinski definition) is 1. The molecule has 2 aromatic rings. The number of nitrogens with one attached hydrogen (secondary N) is 1. The molecule has 0 atom stereocenters. The van der Waals surface area contributed by atoms with Gasteiger partial charge in [0.25, 0.3) is 5.91 Å². The Balaban J connectivity index is 1.61. The molecule has 0 bridgehead atoms. The summed E-state index contributed by atoms with van der Waals surface area (Å²) in [5, 5.41) is 3.08. The number of morpholine rings is 1. The van der Waals surface area contributed by atoms with Gasteiger partial charge in [-0.05, 0) is 56.2 Å². The summed E-state index contributed by atoms with van der Waals surface area (Å²) in [6, 6.07) is 15.7. The molecule has 0 unspecified atom stereocenters. The first-order chi connectivity index (χ1) is 13.5. The predicted octanol–water partition coefficient (Wildman–Crippen LogP) is 3.59. The van der Waals surface area contributed by atoms with Crippen molar-refractivity contribution in [3.63, 3.8) is 0 Å². The van der Waals surface area contributed by atoms with Gasteiger partial charge >= 0.3 is 0 Å². The van der Waals surface area contributed by atoms with Crippen LogP contribution in [0, 0.1) is 0 Å². The summed E-state index contributed by atoms with van der Waals surface area (Å²) in [6.07, 6.45) is 0. The van der Waals surface area contributed by atoms with E-state index < -0.39 is 0 Å². The second-order valence-corrected chi connectivity index (χ2v) is 7.63. The summed E-state index contributed by atoms with van der Waals surface area (Å²) in [5.41, 5.74) is 2.71. The summed E-state index contributed by atoms with van der Waals surface area (Å²) in [4.78, 5) is 15.0. The number of nitrogens with zero attached hydrogens (tertiary/aromatic N) is 1. The van der Waals surface area contributed by atoms with Crippen molar-refractivity contribution in [2.24, 2.45) is 0 Å². The Morgan fingerprint density at radius 2 is 1.82 bits per heavy atom. The molecule has 1 heterocycles. The third kappa shape index (κ3) is 5.12. The first-order valence-electron chi connectivity index (χ1n) is 9.94. The molecular weight excluding hydrogens is 352 g/mol. The molecule has 1 aliphatic heterocycles. The third-order valence-corrected chi connectivity index (χ3v) is 5.17. The zero-order valence-electron chi connectivity index (χ0n) is 17.0. The number of carbonyl (C=O) groups is 1. The van der Waals surface area contributed by atoms with E-state index in [0.717, 1.165) is 43.2 Å². The van der Waals surface area contributed by atoms with Gasteiger partial charge in [0.05, 0.1) is 19.8 Å². The highest BCUT2D eigenvalue weighted by Gasteiger charge is 2.28. The lowest BCUT2D eigenvalue weighted by molar-refractivity contribution is -0.00923. The average Bonchev–Trinajstić information content (AvgIpc) is 2.73. The lowest BCUT2D eigenvalue weighted by atomic mass is 10.0. The minimum atomic E-state index is -0.0981. The van der Waals surface area contributed by atoms with E-state index in [9.17, 15) is 4.79 Å². The Bertz CT molecular complexity index is 781. The van der Waals surface area contributed by atoms with Crippen LogP contribution in [-0.4, -0.2) is 55.8 Å². The fourth-order valence-electron chi connectivity index (χ4n) is 3.43. The minimum absolute atomic E-state index is 0.0454. The van der Waals surface area contributed by atoms with E-state index in [0.29, 0.717) is 18.7 Å². The van der Waals surface area contributed by atoms with Crippen LogP contribution in [0.2, 0.25) is 0 Å². The third-order valence-electron chi connectivity index (χ3n) is 5.17. The first-order valence-corrected chi connectivity index (χ1v) is 9.94. The van der Waals surface area contributed by atoms with Crippen LogP contribution in [-0.2, 0) is 4.74 Å². The van der Waals surface area contributed by atoms with E-state index in [1.165, 1.54) is 0 Å². The summed E-state index contributed by atoms with van der Waals surface area (Å²) < 4.78 is 11.0. The van der Waals surface area contributed by atoms with Crippen molar-refractivity contribution in [3.05, 3.63) is 54.1 Å². The van der Waals surface area contributed by atoms with Crippen molar-refractivity contribution in [1.82, 2.24) is 10.2 Å². The molecule has 1 saturated heterocycles. The lowest BCUT2D eigenvalue weighted by Crippen LogP contribution is -2.55. The molecule has 1 amide bonds. The molecule has 5 nitrogen and oxygen atoms in total. The van der Waals surface area contributed by atoms with Crippen LogP contribution in [0.5, 0.6) is 5.75 Å². The molecule has 0 aromatic heterocycles. The average molecular weight is 383 g/mol. The Morgan fingerprint density at radius 3 is 2.50 bits per heavy atom. The van der Waals surface area contributed by atoms with Crippen molar-refractivity contribution in [2.45, 2.75) is 26.3 Å². The van der Waals surface area contributed by atoms with Crippen molar-refractivity contribution in [1.29, 1.82) is 0 Å². The van der Waals surface area contributed by atoms with Gasteiger partial charge in [-0.25, -0.2) is 0 Å². The van der Waals surface area contributed by atoms with Crippen LogP contribution in [0.3, 0.4) is 0 Å². The Labute approximate surface area is 167 Å². The van der Waals surface area contributed by atoms with E-state index in [-0.39, 0.29) is 11.4 Å². The maximum Gasteiger partial charge on any atom is 0.251 e. The quantitative estimate of drug-likeness (QED) is 0.795. The molecule has 1 N–H and O–H groups in total. The first kappa shape index (κ1) is 20.4. The standard InChI is InChI=1S/C23H30N2O3/c1-4-28-21-7-5-6-20(16-21)18-8-10-19(11-9-18)22(26)24-17-23(2,3)25-12-14-27-15-13-25/h5-11,16H,4,12-15,17H2,1-3H3,(H,24,26). The Hall–Kier alpha value is -2.37. The van der Waals surface area contributed by atoms with Crippen molar-refractivity contribution < 1.29 is 14.3 Å². The second-order valence-electron chi connectivity index (χ2n) is 7.63. The van der Waals surface area contributed by atoms with Gasteiger partial charge in [0.1, 0.15) is 5.75 Å². The molecule has 0 spiro atoms. The number of rotatable bonds is 7. The lowest BCUT2D eigenvalue weighted by Gasteiger charge is -2.40. The molecule has 1 fully saturated rings. The molecule has 0 radical (unpaired) electrons. The molecular formula is C23H30N2O3. The van der Waals surface area contributed by atoms with Gasteiger partial charge in [-0.15, -0.1) is 0 Å². The summed E-state index contributed by atoms with van der Waals surface area (Å²) in [7, 11) is 0. The van der Waals surface area contributed by atoms with Gasteiger partial charge in [-0.2, -0.15) is 0 Å². The number of amides is 1. The number of benzene rings is 2. The maximum atomic E-state index is 12.6. The molecule has 2 aromatic carbocycles. The summed E-state index contributed by atoms with van der Waals surface area (Å²) >= 11 is 0. The topological polar surface area (TPSA) is 50.8 Å². The predicted molar refractivity (Wildman–Crippen MR) is 112 cm³/mol. The molecule has 5 heteroatoms. The zero-order valence-corrected chi connectivity index (χ0v) is 17.0. The van der Waals surface area contributed by atoms with Crippen molar-refractivity contribution in [2.75, 3.05) is 39.5 Å². The number of ether oxygens (including phenoxy) is 2. The van der Waals surface area contributed by atoms with E-state index in [1.807, 2.05) is 55.5 Å². The van der Waals surface area contributed by atoms with Crippen LogP contribution in [0.15, 0.2) is 48.5 Å². The van der Waals surface area contributed by atoms with Crippen LogP contribution < -0.4 is 10.1 Å². The molecule has 1 aliphatic rings. The number of carbonyl (C=O) groups excluding carboxylic acids is 1. The van der Waals surface area contributed by atoms with Gasteiger partial charge in [-0.1, -0.05) is 24.3 Å². The number of hydrogen-bond acceptors (Lipinski definition) is 4. The van der Waals surface area contributed by atoms with Crippen LogP contribution >= 0.6 is 0 Å². The SMILES string of the molecule is CCOc1cccc(-c2ccc(C(=O)NCC(C)(C)N3CCOCC3)cc2)c1. The van der Waals surface area contributed by atoms with E-state index >= 15 is 0 Å². The van der Waals surface area contributed by atoms with Crippen molar-refractivity contribution >= 4 is 5.91 Å². The van der Waals surface area contributed by atoms with Gasteiger partial charge in [-0.3, -0.25) is 9.69 Å². The molecule has 0 aliphatic carbocycles. The highest BCUT2D eigenvalue weighted by Crippen LogP contribution is 2.24. The Morgan fingerprint density at radius 1 is 1.11 bits per heavy atom. The van der Waals surface area contributed by atoms with E-state index in [4.69, 9.17) is 9.47 Å². The van der Waals surface area contributed by atoms with Gasteiger partial charge < -0.3 is 14.8 Å². The fourth-order valence-corrected chi connectivity index (χ4v) is 3.43. The fraction of sp³-hybridized carbons (Fsp3) is 0.435. The van der Waals surface area contributed by atoms with E-state index in [2.05, 4.69) is 24.1 Å². The van der Waals surface area contributed by atoms with Crippen LogP contribution in [0.4, 0.5) is 0 Å². The smallest absolute Gasteiger partial charge is 0.251 e. The zero-order chi connectivity index (χ0) is 20.0. The maximum absolute atomic E-state index is 12.6. The molecule has 28 heavy (non-hydrogen) atoms. The largest absolute Gasteiger partial charge is 0.494 e. The summed E-state index contributed by atoms with van der Waals surface area (Å²) in [5.74, 6) is 0.808.